The smallest absolute Gasteiger partial charge is 0.194 e. The highest BCUT2D eigenvalue weighted by Gasteiger charge is 2.24. The van der Waals surface area contributed by atoms with Crippen LogP contribution in [-0.2, 0) is 6.42 Å². The van der Waals surface area contributed by atoms with Gasteiger partial charge in [0.15, 0.2) is 5.78 Å². The summed E-state index contributed by atoms with van der Waals surface area (Å²) in [5, 5.41) is 11.1. The molecule has 1 aliphatic rings. The number of aliphatic hydroxyl groups is 1. The van der Waals surface area contributed by atoms with Crippen LogP contribution in [0.5, 0.6) is 0 Å². The SMILES string of the molecule is O=C1c2ccccc2Cc2cccc(C=C(O)c3ccc(Cl)cc3)c21. The molecule has 25 heavy (non-hydrogen) atoms. The van der Waals surface area contributed by atoms with Crippen molar-refractivity contribution >= 4 is 29.2 Å². The van der Waals surface area contributed by atoms with E-state index in [2.05, 4.69) is 0 Å². The van der Waals surface area contributed by atoms with Crippen molar-refractivity contribution in [1.82, 2.24) is 0 Å². The lowest BCUT2D eigenvalue weighted by Gasteiger charge is -2.20. The van der Waals surface area contributed by atoms with Crippen molar-refractivity contribution in [2.75, 3.05) is 0 Å². The monoisotopic (exact) mass is 346 g/mol. The maximum atomic E-state index is 13.0. The quantitative estimate of drug-likeness (QED) is 0.382. The molecule has 3 aromatic carbocycles. The molecule has 0 fully saturated rings. The third kappa shape index (κ3) is 2.86. The topological polar surface area (TPSA) is 37.3 Å². The predicted molar refractivity (Wildman–Crippen MR) is 101 cm³/mol. The van der Waals surface area contributed by atoms with Crippen molar-refractivity contribution in [3.8, 4) is 0 Å². The van der Waals surface area contributed by atoms with Crippen LogP contribution in [0.2, 0.25) is 5.02 Å². The fraction of sp³-hybridized carbons (Fsp3) is 0.0455. The van der Waals surface area contributed by atoms with Gasteiger partial charge in [-0.1, -0.05) is 54.1 Å². The number of rotatable bonds is 2. The first-order chi connectivity index (χ1) is 12.1. The second-order valence-corrected chi connectivity index (χ2v) is 6.52. The van der Waals surface area contributed by atoms with Gasteiger partial charge in [-0.25, -0.2) is 0 Å². The summed E-state index contributed by atoms with van der Waals surface area (Å²) < 4.78 is 0. The second kappa shape index (κ2) is 6.23. The molecule has 0 spiro atoms. The molecule has 0 aromatic heterocycles. The van der Waals surface area contributed by atoms with Gasteiger partial charge in [0.25, 0.3) is 0 Å². The molecule has 0 saturated heterocycles. The second-order valence-electron chi connectivity index (χ2n) is 6.08. The van der Waals surface area contributed by atoms with Crippen molar-refractivity contribution < 1.29 is 9.90 Å². The summed E-state index contributed by atoms with van der Waals surface area (Å²) in [5.41, 5.74) is 4.82. The molecule has 2 nitrogen and oxygen atoms in total. The van der Waals surface area contributed by atoms with Crippen LogP contribution in [-0.4, -0.2) is 10.9 Å². The van der Waals surface area contributed by atoms with E-state index in [-0.39, 0.29) is 11.5 Å². The number of carbonyl (C=O) groups is 1. The Morgan fingerprint density at radius 1 is 0.920 bits per heavy atom. The van der Waals surface area contributed by atoms with Crippen molar-refractivity contribution in [3.63, 3.8) is 0 Å². The molecule has 0 heterocycles. The lowest BCUT2D eigenvalue weighted by atomic mass is 9.82. The summed E-state index contributed by atoms with van der Waals surface area (Å²) in [7, 11) is 0. The maximum absolute atomic E-state index is 13.0. The Morgan fingerprint density at radius 2 is 1.64 bits per heavy atom. The van der Waals surface area contributed by atoms with Crippen LogP contribution in [0, 0.1) is 0 Å². The van der Waals surface area contributed by atoms with Gasteiger partial charge in [-0.3, -0.25) is 4.79 Å². The van der Waals surface area contributed by atoms with Crippen LogP contribution in [0.15, 0.2) is 66.7 Å². The van der Waals surface area contributed by atoms with Crippen molar-refractivity contribution in [3.05, 3.63) is 105 Å². The highest BCUT2D eigenvalue weighted by atomic mass is 35.5. The molecule has 3 aromatic rings. The highest BCUT2D eigenvalue weighted by molar-refractivity contribution is 6.30. The Labute approximate surface area is 151 Å². The fourth-order valence-corrected chi connectivity index (χ4v) is 3.38. The molecular formula is C22H15ClO2. The van der Waals surface area contributed by atoms with Crippen LogP contribution >= 0.6 is 11.6 Å². The molecular weight excluding hydrogens is 332 g/mol. The van der Waals surface area contributed by atoms with Gasteiger partial charge >= 0.3 is 0 Å². The first kappa shape index (κ1) is 15.7. The van der Waals surface area contributed by atoms with Gasteiger partial charge in [0.1, 0.15) is 5.76 Å². The van der Waals surface area contributed by atoms with Gasteiger partial charge in [0, 0.05) is 21.7 Å². The molecule has 122 valence electrons. The van der Waals surface area contributed by atoms with Gasteiger partial charge < -0.3 is 5.11 Å². The molecule has 0 amide bonds. The molecule has 0 atom stereocenters. The van der Waals surface area contributed by atoms with Crippen LogP contribution in [0.25, 0.3) is 11.8 Å². The number of benzene rings is 3. The molecule has 3 heteroatoms. The van der Waals surface area contributed by atoms with E-state index in [1.165, 1.54) is 0 Å². The number of carbonyl (C=O) groups excluding carboxylic acids is 1. The zero-order valence-corrected chi connectivity index (χ0v) is 14.1. The number of halogens is 1. The first-order valence-corrected chi connectivity index (χ1v) is 8.42. The summed E-state index contributed by atoms with van der Waals surface area (Å²) >= 11 is 5.89. The molecule has 0 bridgehead atoms. The van der Waals surface area contributed by atoms with Crippen molar-refractivity contribution in [1.29, 1.82) is 0 Å². The van der Waals surface area contributed by atoms with Crippen LogP contribution in [0.1, 0.15) is 38.2 Å². The average Bonchev–Trinajstić information content (AvgIpc) is 2.62. The summed E-state index contributed by atoms with van der Waals surface area (Å²) in [6, 6.07) is 20.4. The normalized spacial score (nSPS) is 13.3. The summed E-state index contributed by atoms with van der Waals surface area (Å²) in [4.78, 5) is 13.0. The standard InChI is InChI=1S/C22H15ClO2/c23-18-10-8-14(9-11-18)20(24)13-17-6-3-5-16-12-15-4-1-2-7-19(15)22(25)21(16)17/h1-11,13,24H,12H2. The average molecular weight is 347 g/mol. The zero-order valence-electron chi connectivity index (χ0n) is 13.4. The molecule has 0 saturated carbocycles. The van der Waals surface area contributed by atoms with E-state index in [0.717, 1.165) is 28.7 Å². The molecule has 0 unspecified atom stereocenters. The van der Waals surface area contributed by atoms with Gasteiger partial charge in [0.05, 0.1) is 0 Å². The lowest BCUT2D eigenvalue weighted by Crippen LogP contribution is -2.16. The number of ketones is 1. The number of hydrogen-bond donors (Lipinski definition) is 1. The summed E-state index contributed by atoms with van der Waals surface area (Å²) in [6.07, 6.45) is 2.37. The number of fused-ring (bicyclic) bond motifs is 2. The zero-order chi connectivity index (χ0) is 17.4. The van der Waals surface area contributed by atoms with E-state index in [0.29, 0.717) is 16.1 Å². The third-order valence-corrected chi connectivity index (χ3v) is 4.74. The minimum atomic E-state index is 0.00704. The molecule has 1 aliphatic carbocycles. The van der Waals surface area contributed by atoms with Gasteiger partial charge in [0.2, 0.25) is 0 Å². The van der Waals surface area contributed by atoms with Crippen molar-refractivity contribution in [2.24, 2.45) is 0 Å². The van der Waals surface area contributed by atoms with E-state index >= 15 is 0 Å². The summed E-state index contributed by atoms with van der Waals surface area (Å²) in [5.74, 6) is 0.115. The Kier molecular flexibility index (Phi) is 3.90. The van der Waals surface area contributed by atoms with E-state index in [4.69, 9.17) is 11.6 Å². The minimum absolute atomic E-state index is 0.00704. The lowest BCUT2D eigenvalue weighted by molar-refractivity contribution is 0.103. The van der Waals surface area contributed by atoms with Crippen molar-refractivity contribution in [2.45, 2.75) is 6.42 Å². The third-order valence-electron chi connectivity index (χ3n) is 4.49. The largest absolute Gasteiger partial charge is 0.507 e. The number of hydrogen-bond acceptors (Lipinski definition) is 2. The van der Waals surface area contributed by atoms with E-state index in [1.807, 2.05) is 42.5 Å². The first-order valence-electron chi connectivity index (χ1n) is 8.04. The van der Waals surface area contributed by atoms with Crippen LogP contribution in [0.3, 0.4) is 0 Å². The minimum Gasteiger partial charge on any atom is -0.507 e. The Hall–Kier alpha value is -2.84. The molecule has 4 rings (SSSR count). The predicted octanol–water partition coefficient (Wildman–Crippen LogP) is 5.53. The van der Waals surface area contributed by atoms with Gasteiger partial charge in [-0.2, -0.15) is 0 Å². The Balaban J connectivity index is 1.80. The Morgan fingerprint density at radius 3 is 2.44 bits per heavy atom. The maximum Gasteiger partial charge on any atom is 0.194 e. The highest BCUT2D eigenvalue weighted by Crippen LogP contribution is 2.31. The Bertz CT molecular complexity index is 1000. The van der Waals surface area contributed by atoms with E-state index < -0.39 is 0 Å². The van der Waals surface area contributed by atoms with E-state index in [9.17, 15) is 9.90 Å². The molecule has 0 radical (unpaired) electrons. The van der Waals surface area contributed by atoms with Crippen LogP contribution < -0.4 is 0 Å². The van der Waals surface area contributed by atoms with E-state index in [1.54, 1.807) is 30.3 Å². The molecule has 0 aliphatic heterocycles. The summed E-state index contributed by atoms with van der Waals surface area (Å²) in [6.45, 7) is 0. The van der Waals surface area contributed by atoms with Gasteiger partial charge in [-0.05, 0) is 53.5 Å². The number of aliphatic hydroxyl groups excluding tert-OH is 1. The molecule has 1 N–H and O–H groups in total. The van der Waals surface area contributed by atoms with Gasteiger partial charge in [-0.15, -0.1) is 0 Å². The fourth-order valence-electron chi connectivity index (χ4n) is 3.25. The van der Waals surface area contributed by atoms with Crippen LogP contribution in [0.4, 0.5) is 0 Å².